The van der Waals surface area contributed by atoms with Crippen molar-refractivity contribution < 1.29 is 0 Å². The van der Waals surface area contributed by atoms with E-state index in [4.69, 9.17) is 5.26 Å². The predicted molar refractivity (Wildman–Crippen MR) is 66.2 cm³/mol. The van der Waals surface area contributed by atoms with E-state index in [1.54, 1.807) is 6.20 Å². The molecule has 90 valence electrons. The summed E-state index contributed by atoms with van der Waals surface area (Å²) in [5.41, 5.74) is 1.26. The first-order chi connectivity index (χ1) is 8.29. The lowest BCUT2D eigenvalue weighted by Gasteiger charge is -2.22. The molecular weight excluding hydrogens is 212 g/mol. The maximum absolute atomic E-state index is 8.68. The average molecular weight is 230 g/mol. The van der Waals surface area contributed by atoms with Gasteiger partial charge in [0, 0.05) is 38.1 Å². The fourth-order valence-corrected chi connectivity index (χ4v) is 2.31. The van der Waals surface area contributed by atoms with Crippen LogP contribution in [0.4, 0.5) is 0 Å². The van der Waals surface area contributed by atoms with E-state index >= 15 is 0 Å². The van der Waals surface area contributed by atoms with Crippen LogP contribution in [-0.4, -0.2) is 47.5 Å². The Morgan fingerprint density at radius 2 is 2.53 bits per heavy atom. The Labute approximate surface area is 102 Å². The minimum absolute atomic E-state index is 0.519. The van der Waals surface area contributed by atoms with Gasteiger partial charge in [-0.3, -0.25) is 14.8 Å². The topological polar surface area (TPSA) is 43.2 Å². The van der Waals surface area contributed by atoms with E-state index in [2.05, 4.69) is 26.9 Å². The summed E-state index contributed by atoms with van der Waals surface area (Å²) in [6.45, 7) is 3.64. The van der Waals surface area contributed by atoms with Crippen LogP contribution in [0.25, 0.3) is 0 Å². The number of hydrogen-bond donors (Lipinski definition) is 0. The number of likely N-dealkylation sites (N-methyl/N-ethyl adjacent to an activating group) is 1. The molecule has 2 heterocycles. The number of hydrogen-bond acceptors (Lipinski definition) is 4. The van der Waals surface area contributed by atoms with E-state index in [9.17, 15) is 0 Å². The highest BCUT2D eigenvalue weighted by Crippen LogP contribution is 2.16. The molecule has 1 atom stereocenters. The summed E-state index contributed by atoms with van der Waals surface area (Å²) in [4.78, 5) is 8.70. The van der Waals surface area contributed by atoms with Gasteiger partial charge in [-0.15, -0.1) is 0 Å². The Hall–Kier alpha value is -1.44. The van der Waals surface area contributed by atoms with Crippen LogP contribution < -0.4 is 0 Å². The largest absolute Gasteiger partial charge is 0.297 e. The predicted octanol–water partition coefficient (Wildman–Crippen LogP) is 1.11. The van der Waals surface area contributed by atoms with Crippen molar-refractivity contribution in [1.29, 1.82) is 5.26 Å². The lowest BCUT2D eigenvalue weighted by atomic mass is 10.2. The standard InChI is InChI=1S/C13H18N4/c1-16(8-5-14)13-4-7-17(11-13)10-12-3-2-6-15-9-12/h2-3,6,9,13H,4,7-8,10-11H2,1H3. The van der Waals surface area contributed by atoms with Gasteiger partial charge in [0.05, 0.1) is 12.6 Å². The van der Waals surface area contributed by atoms with Gasteiger partial charge in [-0.25, -0.2) is 0 Å². The molecule has 0 radical (unpaired) electrons. The third kappa shape index (κ3) is 3.26. The molecule has 0 bridgehead atoms. The molecule has 0 spiro atoms. The molecule has 0 aliphatic carbocycles. The van der Waals surface area contributed by atoms with Crippen LogP contribution in [0.5, 0.6) is 0 Å². The van der Waals surface area contributed by atoms with Crippen molar-refractivity contribution in [2.24, 2.45) is 0 Å². The van der Waals surface area contributed by atoms with Gasteiger partial charge in [0.25, 0.3) is 0 Å². The van der Waals surface area contributed by atoms with Crippen molar-refractivity contribution in [3.8, 4) is 6.07 Å². The van der Waals surface area contributed by atoms with Crippen LogP contribution in [0.2, 0.25) is 0 Å². The smallest absolute Gasteiger partial charge is 0.0866 e. The molecule has 0 amide bonds. The summed E-state index contributed by atoms with van der Waals surface area (Å²) in [5, 5.41) is 8.68. The molecule has 1 aromatic heterocycles. The molecule has 1 fully saturated rings. The first-order valence-electron chi connectivity index (χ1n) is 5.98. The van der Waals surface area contributed by atoms with Gasteiger partial charge < -0.3 is 0 Å². The summed E-state index contributed by atoms with van der Waals surface area (Å²) in [6, 6.07) is 6.81. The SMILES string of the molecule is CN(CC#N)C1CCN(Cc2cccnc2)C1. The molecular formula is C13H18N4. The summed E-state index contributed by atoms with van der Waals surface area (Å²) in [6.07, 6.45) is 4.88. The second-order valence-electron chi connectivity index (χ2n) is 4.61. The summed E-state index contributed by atoms with van der Waals surface area (Å²) < 4.78 is 0. The molecule has 1 aliphatic rings. The van der Waals surface area contributed by atoms with Crippen molar-refractivity contribution in [3.63, 3.8) is 0 Å². The Bertz CT molecular complexity index is 384. The van der Waals surface area contributed by atoms with Crippen LogP contribution in [0.15, 0.2) is 24.5 Å². The first-order valence-corrected chi connectivity index (χ1v) is 5.98. The maximum atomic E-state index is 8.68. The fourth-order valence-electron chi connectivity index (χ4n) is 2.31. The summed E-state index contributed by atoms with van der Waals surface area (Å²) >= 11 is 0. The minimum atomic E-state index is 0.519. The molecule has 4 nitrogen and oxygen atoms in total. The van der Waals surface area contributed by atoms with Crippen molar-refractivity contribution in [1.82, 2.24) is 14.8 Å². The van der Waals surface area contributed by atoms with E-state index in [-0.39, 0.29) is 0 Å². The van der Waals surface area contributed by atoms with E-state index < -0.39 is 0 Å². The van der Waals surface area contributed by atoms with Crippen LogP contribution in [-0.2, 0) is 6.54 Å². The molecule has 1 saturated heterocycles. The number of nitriles is 1. The number of pyridine rings is 1. The van der Waals surface area contributed by atoms with Gasteiger partial charge in [0.2, 0.25) is 0 Å². The quantitative estimate of drug-likeness (QED) is 0.727. The average Bonchev–Trinajstić information content (AvgIpc) is 2.79. The fraction of sp³-hybridized carbons (Fsp3) is 0.538. The van der Waals surface area contributed by atoms with Crippen molar-refractivity contribution in [2.75, 3.05) is 26.7 Å². The second-order valence-corrected chi connectivity index (χ2v) is 4.61. The molecule has 2 rings (SSSR count). The molecule has 0 aromatic carbocycles. The monoisotopic (exact) mass is 230 g/mol. The number of nitrogens with zero attached hydrogens (tertiary/aromatic N) is 4. The molecule has 17 heavy (non-hydrogen) atoms. The zero-order valence-electron chi connectivity index (χ0n) is 10.2. The highest BCUT2D eigenvalue weighted by molar-refractivity contribution is 5.08. The third-order valence-corrected chi connectivity index (χ3v) is 3.32. The highest BCUT2D eigenvalue weighted by Gasteiger charge is 2.25. The van der Waals surface area contributed by atoms with Gasteiger partial charge in [-0.2, -0.15) is 5.26 Å². The third-order valence-electron chi connectivity index (χ3n) is 3.32. The normalized spacial score (nSPS) is 20.6. The number of aromatic nitrogens is 1. The second kappa shape index (κ2) is 5.76. The zero-order valence-corrected chi connectivity index (χ0v) is 10.2. The van der Waals surface area contributed by atoms with Gasteiger partial charge >= 0.3 is 0 Å². The van der Waals surface area contributed by atoms with Gasteiger partial charge in [-0.1, -0.05) is 6.07 Å². The summed E-state index contributed by atoms with van der Waals surface area (Å²) in [7, 11) is 2.03. The molecule has 1 aliphatic heterocycles. The van der Waals surface area contributed by atoms with Crippen LogP contribution in [0.3, 0.4) is 0 Å². The minimum Gasteiger partial charge on any atom is -0.297 e. The number of rotatable bonds is 4. The van der Waals surface area contributed by atoms with Gasteiger partial charge in [-0.05, 0) is 25.1 Å². The van der Waals surface area contributed by atoms with Crippen LogP contribution >= 0.6 is 0 Å². The van der Waals surface area contributed by atoms with Gasteiger partial charge in [0.1, 0.15) is 0 Å². The Morgan fingerprint density at radius 1 is 1.65 bits per heavy atom. The van der Waals surface area contributed by atoms with Crippen LogP contribution in [0.1, 0.15) is 12.0 Å². The molecule has 0 saturated carbocycles. The van der Waals surface area contributed by atoms with Crippen molar-refractivity contribution >= 4 is 0 Å². The van der Waals surface area contributed by atoms with E-state index in [0.29, 0.717) is 12.6 Å². The van der Waals surface area contributed by atoms with Gasteiger partial charge in [0.15, 0.2) is 0 Å². The molecule has 0 N–H and O–H groups in total. The lowest BCUT2D eigenvalue weighted by molar-refractivity contribution is 0.249. The summed E-state index contributed by atoms with van der Waals surface area (Å²) in [5.74, 6) is 0. The Balaban J connectivity index is 1.84. The Morgan fingerprint density at radius 3 is 3.24 bits per heavy atom. The van der Waals surface area contributed by atoms with E-state index in [1.807, 2.05) is 19.3 Å². The maximum Gasteiger partial charge on any atom is 0.0866 e. The van der Waals surface area contributed by atoms with E-state index in [0.717, 1.165) is 26.1 Å². The highest BCUT2D eigenvalue weighted by atomic mass is 15.2. The van der Waals surface area contributed by atoms with Crippen LogP contribution in [0, 0.1) is 11.3 Å². The first kappa shape index (κ1) is 12.0. The van der Waals surface area contributed by atoms with E-state index in [1.165, 1.54) is 5.56 Å². The van der Waals surface area contributed by atoms with Crippen molar-refractivity contribution in [2.45, 2.75) is 19.0 Å². The molecule has 4 heteroatoms. The number of likely N-dealkylation sites (tertiary alicyclic amines) is 1. The molecule has 1 aromatic rings. The zero-order chi connectivity index (χ0) is 12.1. The molecule has 1 unspecified atom stereocenters. The van der Waals surface area contributed by atoms with Crippen molar-refractivity contribution in [3.05, 3.63) is 30.1 Å². The lowest BCUT2D eigenvalue weighted by Crippen LogP contribution is -2.34. The Kier molecular flexibility index (Phi) is 4.08.